The van der Waals surface area contributed by atoms with E-state index in [2.05, 4.69) is 6.07 Å². The third kappa shape index (κ3) is 2.68. The Morgan fingerprint density at radius 1 is 1.57 bits per heavy atom. The number of nitriles is 1. The van der Waals surface area contributed by atoms with Crippen LogP contribution in [0.25, 0.3) is 0 Å². The second-order valence-electron chi connectivity index (χ2n) is 3.19. The molecule has 2 nitrogen and oxygen atoms in total. The van der Waals surface area contributed by atoms with Crippen LogP contribution in [0, 0.1) is 18.3 Å². The quantitative estimate of drug-likeness (QED) is 0.611. The van der Waals surface area contributed by atoms with E-state index in [1.54, 1.807) is 0 Å². The fourth-order valence-corrected chi connectivity index (χ4v) is 2.00. The highest BCUT2D eigenvalue weighted by molar-refractivity contribution is 8.00. The van der Waals surface area contributed by atoms with Gasteiger partial charge in [-0.25, -0.2) is 0 Å². The van der Waals surface area contributed by atoms with Crippen molar-refractivity contribution in [1.29, 1.82) is 5.26 Å². The molecule has 1 aromatic carbocycles. The third-order valence-electron chi connectivity index (χ3n) is 1.95. The zero-order chi connectivity index (χ0) is 10.6. The van der Waals surface area contributed by atoms with Crippen LogP contribution in [0.1, 0.15) is 18.9 Å². The summed E-state index contributed by atoms with van der Waals surface area (Å²) in [6.07, 6.45) is 0.842. The van der Waals surface area contributed by atoms with Crippen molar-refractivity contribution in [2.24, 2.45) is 0 Å². The third-order valence-corrected chi connectivity index (χ3v) is 3.30. The molecule has 0 saturated carbocycles. The van der Waals surface area contributed by atoms with Crippen LogP contribution in [-0.4, -0.2) is 5.25 Å². The van der Waals surface area contributed by atoms with Gasteiger partial charge in [-0.3, -0.25) is 0 Å². The first-order valence-corrected chi connectivity index (χ1v) is 5.47. The highest BCUT2D eigenvalue weighted by Crippen LogP contribution is 2.30. The molecule has 2 N–H and O–H groups in total. The molecule has 0 spiro atoms. The number of anilines is 1. The molecular formula is C11H14N2S. The van der Waals surface area contributed by atoms with Crippen molar-refractivity contribution in [3.8, 4) is 6.07 Å². The molecule has 3 heteroatoms. The van der Waals surface area contributed by atoms with Gasteiger partial charge in [0.05, 0.1) is 11.3 Å². The lowest BCUT2D eigenvalue weighted by atomic mass is 10.2. The minimum atomic E-state index is 0.00000567. The molecule has 0 bridgehead atoms. The van der Waals surface area contributed by atoms with E-state index >= 15 is 0 Å². The van der Waals surface area contributed by atoms with E-state index in [0.717, 1.165) is 22.6 Å². The van der Waals surface area contributed by atoms with E-state index < -0.39 is 0 Å². The molecule has 0 fully saturated rings. The summed E-state index contributed by atoms with van der Waals surface area (Å²) in [6, 6.07) is 8.18. The Hall–Kier alpha value is -1.14. The summed E-state index contributed by atoms with van der Waals surface area (Å²) in [5.74, 6) is 0. The summed E-state index contributed by atoms with van der Waals surface area (Å²) in [5.41, 5.74) is 7.77. The van der Waals surface area contributed by atoms with Gasteiger partial charge >= 0.3 is 0 Å². The van der Waals surface area contributed by atoms with Crippen LogP contribution < -0.4 is 5.73 Å². The van der Waals surface area contributed by atoms with Crippen LogP contribution in [0.3, 0.4) is 0 Å². The molecule has 0 aliphatic heterocycles. The second-order valence-corrected chi connectivity index (χ2v) is 4.43. The van der Waals surface area contributed by atoms with Crippen LogP contribution >= 0.6 is 11.8 Å². The maximum absolute atomic E-state index is 8.82. The van der Waals surface area contributed by atoms with Crippen LogP contribution in [0.4, 0.5) is 5.69 Å². The van der Waals surface area contributed by atoms with Gasteiger partial charge in [0.15, 0.2) is 0 Å². The Balaban J connectivity index is 2.82. The van der Waals surface area contributed by atoms with Gasteiger partial charge in [-0.05, 0) is 31.0 Å². The predicted molar refractivity (Wildman–Crippen MR) is 61.1 cm³/mol. The van der Waals surface area contributed by atoms with Crippen LogP contribution in [0.2, 0.25) is 0 Å². The number of aryl methyl sites for hydroxylation is 1. The van der Waals surface area contributed by atoms with Crippen molar-refractivity contribution in [1.82, 2.24) is 0 Å². The van der Waals surface area contributed by atoms with Crippen molar-refractivity contribution < 1.29 is 0 Å². The number of thioether (sulfide) groups is 1. The maximum Gasteiger partial charge on any atom is 0.0961 e. The average molecular weight is 206 g/mol. The summed E-state index contributed by atoms with van der Waals surface area (Å²) in [4.78, 5) is 1.00. The zero-order valence-corrected chi connectivity index (χ0v) is 9.27. The van der Waals surface area contributed by atoms with E-state index in [9.17, 15) is 0 Å². The summed E-state index contributed by atoms with van der Waals surface area (Å²) >= 11 is 1.54. The molecule has 1 aromatic rings. The fraction of sp³-hybridized carbons (Fsp3) is 0.364. The van der Waals surface area contributed by atoms with Crippen LogP contribution in [0.15, 0.2) is 23.1 Å². The highest BCUT2D eigenvalue weighted by atomic mass is 32.2. The van der Waals surface area contributed by atoms with Crippen molar-refractivity contribution in [2.45, 2.75) is 30.4 Å². The van der Waals surface area contributed by atoms with Gasteiger partial charge < -0.3 is 5.73 Å². The monoisotopic (exact) mass is 206 g/mol. The Morgan fingerprint density at radius 3 is 2.79 bits per heavy atom. The molecule has 0 saturated heterocycles. The minimum absolute atomic E-state index is 0.00000567. The van der Waals surface area contributed by atoms with Crippen LogP contribution in [-0.2, 0) is 0 Å². The lowest BCUT2D eigenvalue weighted by Gasteiger charge is -2.08. The molecule has 14 heavy (non-hydrogen) atoms. The van der Waals surface area contributed by atoms with Crippen molar-refractivity contribution >= 4 is 17.4 Å². The van der Waals surface area contributed by atoms with Crippen molar-refractivity contribution in [3.05, 3.63) is 23.8 Å². The first kappa shape index (κ1) is 10.9. The lowest BCUT2D eigenvalue weighted by molar-refractivity contribution is 0.985. The topological polar surface area (TPSA) is 49.8 Å². The number of nitrogen functional groups attached to an aromatic ring is 1. The Morgan fingerprint density at radius 2 is 2.29 bits per heavy atom. The number of nitrogens with zero attached hydrogens (tertiary/aromatic N) is 1. The molecule has 0 aliphatic rings. The van der Waals surface area contributed by atoms with Gasteiger partial charge in [-0.15, -0.1) is 11.8 Å². The van der Waals surface area contributed by atoms with E-state index in [1.165, 1.54) is 11.8 Å². The van der Waals surface area contributed by atoms with Gasteiger partial charge in [0.1, 0.15) is 0 Å². The number of rotatable bonds is 3. The summed E-state index contributed by atoms with van der Waals surface area (Å²) < 4.78 is 0. The fourth-order valence-electron chi connectivity index (χ4n) is 1.13. The van der Waals surface area contributed by atoms with E-state index in [1.807, 2.05) is 32.0 Å². The molecule has 74 valence electrons. The number of benzene rings is 1. The van der Waals surface area contributed by atoms with E-state index in [0.29, 0.717) is 0 Å². The van der Waals surface area contributed by atoms with Crippen molar-refractivity contribution in [3.63, 3.8) is 0 Å². The van der Waals surface area contributed by atoms with E-state index in [-0.39, 0.29) is 5.25 Å². The molecule has 1 unspecified atom stereocenters. The van der Waals surface area contributed by atoms with E-state index in [4.69, 9.17) is 11.0 Å². The first-order valence-electron chi connectivity index (χ1n) is 4.59. The zero-order valence-electron chi connectivity index (χ0n) is 8.45. The summed E-state index contributed by atoms with van der Waals surface area (Å²) in [5, 5.41) is 8.82. The normalized spacial score (nSPS) is 12.1. The standard InChI is InChI=1S/C11H14N2S/c1-3-9(7-12)14-11-5-4-8(2)6-10(11)13/h4-6,9H,3,13H2,1-2H3. The number of nitrogens with two attached hydrogens (primary N) is 1. The largest absolute Gasteiger partial charge is 0.398 e. The number of hydrogen-bond acceptors (Lipinski definition) is 3. The lowest BCUT2D eigenvalue weighted by Crippen LogP contribution is -1.97. The van der Waals surface area contributed by atoms with Gasteiger partial charge in [-0.1, -0.05) is 13.0 Å². The average Bonchev–Trinajstić information content (AvgIpc) is 2.17. The van der Waals surface area contributed by atoms with Crippen molar-refractivity contribution in [2.75, 3.05) is 5.73 Å². The summed E-state index contributed by atoms with van der Waals surface area (Å²) in [7, 11) is 0. The summed E-state index contributed by atoms with van der Waals surface area (Å²) in [6.45, 7) is 4.01. The molecule has 0 amide bonds. The Kier molecular flexibility index (Phi) is 3.84. The van der Waals surface area contributed by atoms with Crippen LogP contribution in [0.5, 0.6) is 0 Å². The SMILES string of the molecule is CCC(C#N)Sc1ccc(C)cc1N. The maximum atomic E-state index is 8.82. The molecular weight excluding hydrogens is 192 g/mol. The van der Waals surface area contributed by atoms with Gasteiger partial charge in [0, 0.05) is 10.6 Å². The van der Waals surface area contributed by atoms with Gasteiger partial charge in [0.25, 0.3) is 0 Å². The second kappa shape index (κ2) is 4.92. The van der Waals surface area contributed by atoms with Gasteiger partial charge in [0.2, 0.25) is 0 Å². The molecule has 1 atom stereocenters. The van der Waals surface area contributed by atoms with Gasteiger partial charge in [-0.2, -0.15) is 5.26 Å². The molecule has 0 aromatic heterocycles. The smallest absolute Gasteiger partial charge is 0.0961 e. The minimum Gasteiger partial charge on any atom is -0.398 e. The first-order chi connectivity index (χ1) is 6.67. The highest BCUT2D eigenvalue weighted by Gasteiger charge is 2.08. The Bertz CT molecular complexity index is 355. The predicted octanol–water partition coefficient (Wildman–Crippen LogP) is 2.97. The molecule has 0 radical (unpaired) electrons. The molecule has 1 rings (SSSR count). The molecule has 0 heterocycles. The molecule has 0 aliphatic carbocycles. The Labute approximate surface area is 89.1 Å². The number of hydrogen-bond donors (Lipinski definition) is 1.